The number of nitrogens with one attached hydrogen (secondary N) is 1. The van der Waals surface area contributed by atoms with Crippen LogP contribution in [0.4, 0.5) is 18.9 Å². The number of benzene rings is 2. The molecule has 5 nitrogen and oxygen atoms in total. The molecule has 2 heterocycles. The highest BCUT2D eigenvalue weighted by Gasteiger charge is 2.39. The van der Waals surface area contributed by atoms with Crippen LogP contribution < -0.4 is 10.2 Å². The normalized spacial score (nSPS) is 23.6. The van der Waals surface area contributed by atoms with Gasteiger partial charge in [0.25, 0.3) is 0 Å². The van der Waals surface area contributed by atoms with Crippen molar-refractivity contribution < 1.29 is 18.0 Å². The lowest BCUT2D eigenvalue weighted by molar-refractivity contribution is -0.137. The number of carbonyl (C=O) groups is 1. The number of alkyl halides is 3. The second-order valence-electron chi connectivity index (χ2n) is 11.4. The zero-order chi connectivity index (χ0) is 28.0. The van der Waals surface area contributed by atoms with Crippen LogP contribution in [0.2, 0.25) is 0 Å². The molecule has 1 amide bonds. The number of piperazine rings is 1. The van der Waals surface area contributed by atoms with Crippen molar-refractivity contribution in [2.45, 2.75) is 69.2 Å². The number of rotatable bonds is 7. The van der Waals surface area contributed by atoms with Gasteiger partial charge in [-0.3, -0.25) is 9.69 Å². The molecule has 2 aromatic rings. The van der Waals surface area contributed by atoms with Gasteiger partial charge in [-0.1, -0.05) is 74.2 Å². The van der Waals surface area contributed by atoms with E-state index in [0.717, 1.165) is 24.6 Å². The summed E-state index contributed by atoms with van der Waals surface area (Å²) in [5, 5.41) is 3.89. The molecule has 216 valence electrons. The Labute approximate surface area is 236 Å². The van der Waals surface area contributed by atoms with E-state index in [9.17, 15) is 18.0 Å². The lowest BCUT2D eigenvalue weighted by Crippen LogP contribution is -2.53. The van der Waals surface area contributed by atoms with Crippen LogP contribution in [0.3, 0.4) is 0 Å². The predicted octanol–water partition coefficient (Wildman–Crippen LogP) is 5.82. The van der Waals surface area contributed by atoms with E-state index in [1.807, 2.05) is 28.0 Å². The van der Waals surface area contributed by atoms with E-state index in [0.29, 0.717) is 44.5 Å². The van der Waals surface area contributed by atoms with Crippen LogP contribution in [0, 0.1) is 0 Å². The van der Waals surface area contributed by atoms with Crippen LogP contribution in [0.25, 0.3) is 6.08 Å². The monoisotopic (exact) mass is 554 g/mol. The highest BCUT2D eigenvalue weighted by Crippen LogP contribution is 2.32. The fraction of sp³-hybridized carbons (Fsp3) is 0.531. The predicted molar refractivity (Wildman–Crippen MR) is 154 cm³/mol. The van der Waals surface area contributed by atoms with E-state index in [1.54, 1.807) is 6.07 Å². The summed E-state index contributed by atoms with van der Waals surface area (Å²) in [4.78, 5) is 20.0. The minimum Gasteiger partial charge on any atom is -0.368 e. The fourth-order valence-corrected chi connectivity index (χ4v) is 6.43. The van der Waals surface area contributed by atoms with Gasteiger partial charge in [-0.15, -0.1) is 0 Å². The number of likely N-dealkylation sites (tertiary alicyclic amines) is 1. The van der Waals surface area contributed by atoms with Crippen molar-refractivity contribution in [3.05, 3.63) is 71.8 Å². The van der Waals surface area contributed by atoms with E-state index in [2.05, 4.69) is 34.5 Å². The topological polar surface area (TPSA) is 38.8 Å². The van der Waals surface area contributed by atoms with Crippen molar-refractivity contribution in [2.75, 3.05) is 44.2 Å². The summed E-state index contributed by atoms with van der Waals surface area (Å²) in [5.74, 6) is 0.141. The van der Waals surface area contributed by atoms with E-state index >= 15 is 0 Å². The number of amides is 1. The average Bonchev–Trinajstić information content (AvgIpc) is 3.18. The van der Waals surface area contributed by atoms with Crippen molar-refractivity contribution in [1.82, 2.24) is 15.1 Å². The molecule has 2 saturated heterocycles. The SMILES string of the molecule is O=C([C@@H]1C[C@H](NC2CCCCCC2)CN1C/C=C/c1ccccc1)N1CCN(c2cccc(C(F)(F)F)c2)CC1. The van der Waals surface area contributed by atoms with E-state index in [1.165, 1.54) is 50.7 Å². The Balaban J connectivity index is 1.22. The molecule has 40 heavy (non-hydrogen) atoms. The molecule has 1 N–H and O–H groups in total. The first-order valence-electron chi connectivity index (χ1n) is 14.8. The smallest absolute Gasteiger partial charge is 0.368 e. The first-order chi connectivity index (χ1) is 19.4. The minimum atomic E-state index is -4.37. The molecule has 2 aliphatic heterocycles. The first-order valence-corrected chi connectivity index (χ1v) is 14.8. The Kier molecular flexibility index (Phi) is 9.48. The summed E-state index contributed by atoms with van der Waals surface area (Å²) in [6, 6.07) is 16.3. The van der Waals surface area contributed by atoms with Crippen LogP contribution in [0.1, 0.15) is 56.1 Å². The number of hydrogen-bond acceptors (Lipinski definition) is 4. The third kappa shape index (κ3) is 7.46. The van der Waals surface area contributed by atoms with Gasteiger partial charge in [0, 0.05) is 57.0 Å². The van der Waals surface area contributed by atoms with Crippen molar-refractivity contribution in [1.29, 1.82) is 0 Å². The van der Waals surface area contributed by atoms with E-state index < -0.39 is 11.7 Å². The molecular weight excluding hydrogens is 513 g/mol. The second kappa shape index (κ2) is 13.2. The molecule has 0 radical (unpaired) electrons. The van der Waals surface area contributed by atoms with Gasteiger partial charge in [0.05, 0.1) is 11.6 Å². The molecule has 3 fully saturated rings. The molecule has 1 aliphatic carbocycles. The van der Waals surface area contributed by atoms with Gasteiger partial charge in [-0.25, -0.2) is 0 Å². The third-order valence-corrected chi connectivity index (χ3v) is 8.59. The Morgan fingerprint density at radius 1 is 0.900 bits per heavy atom. The molecule has 2 atom stereocenters. The largest absolute Gasteiger partial charge is 0.416 e. The lowest BCUT2D eigenvalue weighted by atomic mass is 10.1. The summed E-state index contributed by atoms with van der Waals surface area (Å²) >= 11 is 0. The molecule has 1 saturated carbocycles. The van der Waals surface area contributed by atoms with Gasteiger partial charge in [0.2, 0.25) is 5.91 Å². The van der Waals surface area contributed by atoms with Crippen molar-refractivity contribution >= 4 is 17.7 Å². The van der Waals surface area contributed by atoms with E-state index in [-0.39, 0.29) is 18.0 Å². The van der Waals surface area contributed by atoms with Crippen LogP contribution >= 0.6 is 0 Å². The van der Waals surface area contributed by atoms with Gasteiger partial charge in [-0.05, 0) is 43.0 Å². The first kappa shape index (κ1) is 28.7. The number of hydrogen-bond donors (Lipinski definition) is 1. The maximum atomic E-state index is 13.8. The summed E-state index contributed by atoms with van der Waals surface area (Å²) in [6.45, 7) is 3.63. The lowest BCUT2D eigenvalue weighted by Gasteiger charge is -2.38. The standard InChI is InChI=1S/C32H41F3N4O/c33-32(34,35)26-13-8-16-29(22-26)37-18-20-38(21-19-37)31(40)30-23-28(36-27-14-6-1-2-7-15-27)24-39(30)17-9-12-25-10-4-3-5-11-25/h3-5,8-13,16,22,27-28,30,36H,1-2,6-7,14-15,17-21,23-24H2/b12-9+/t28-,30-/m0/s1. The quantitative estimate of drug-likeness (QED) is 0.438. The van der Waals surface area contributed by atoms with Gasteiger partial charge in [0.15, 0.2) is 0 Å². The number of nitrogens with zero attached hydrogens (tertiary/aromatic N) is 3. The highest BCUT2D eigenvalue weighted by molar-refractivity contribution is 5.82. The Bertz CT molecular complexity index is 1120. The molecule has 5 rings (SSSR count). The Hall–Kier alpha value is -2.84. The van der Waals surface area contributed by atoms with Crippen LogP contribution in [0.15, 0.2) is 60.7 Å². The van der Waals surface area contributed by atoms with Crippen LogP contribution in [-0.2, 0) is 11.0 Å². The number of carbonyl (C=O) groups excluding carboxylic acids is 1. The van der Waals surface area contributed by atoms with Crippen molar-refractivity contribution in [3.8, 4) is 0 Å². The number of halogens is 3. The van der Waals surface area contributed by atoms with E-state index in [4.69, 9.17) is 0 Å². The molecule has 0 spiro atoms. The molecule has 0 bridgehead atoms. The van der Waals surface area contributed by atoms with Gasteiger partial charge >= 0.3 is 6.18 Å². The summed E-state index contributed by atoms with van der Waals surface area (Å²) < 4.78 is 39.6. The zero-order valence-electron chi connectivity index (χ0n) is 23.2. The Morgan fingerprint density at radius 2 is 1.62 bits per heavy atom. The average molecular weight is 555 g/mol. The number of anilines is 1. The summed E-state index contributed by atoms with van der Waals surface area (Å²) in [5.41, 5.74) is 1.06. The Morgan fingerprint density at radius 3 is 2.33 bits per heavy atom. The van der Waals surface area contributed by atoms with Gasteiger partial charge in [0.1, 0.15) is 0 Å². The minimum absolute atomic E-state index is 0.141. The molecule has 2 aromatic carbocycles. The second-order valence-corrected chi connectivity index (χ2v) is 11.4. The maximum Gasteiger partial charge on any atom is 0.416 e. The molecule has 0 aromatic heterocycles. The third-order valence-electron chi connectivity index (χ3n) is 8.59. The molecule has 8 heteroatoms. The van der Waals surface area contributed by atoms with Crippen molar-refractivity contribution in [2.24, 2.45) is 0 Å². The highest BCUT2D eigenvalue weighted by atomic mass is 19.4. The summed E-state index contributed by atoms with van der Waals surface area (Å²) in [7, 11) is 0. The van der Waals surface area contributed by atoms with Crippen LogP contribution in [-0.4, -0.2) is 73.1 Å². The van der Waals surface area contributed by atoms with Gasteiger partial charge in [-0.2, -0.15) is 13.2 Å². The molecular formula is C32H41F3N4O. The summed E-state index contributed by atoms with van der Waals surface area (Å²) in [6.07, 6.45) is 8.27. The zero-order valence-corrected chi connectivity index (χ0v) is 23.2. The van der Waals surface area contributed by atoms with Gasteiger partial charge < -0.3 is 15.1 Å². The fourth-order valence-electron chi connectivity index (χ4n) is 6.43. The van der Waals surface area contributed by atoms with Crippen LogP contribution in [0.5, 0.6) is 0 Å². The molecule has 3 aliphatic rings. The maximum absolute atomic E-state index is 13.8. The van der Waals surface area contributed by atoms with Crippen molar-refractivity contribution in [3.63, 3.8) is 0 Å². The molecule has 0 unspecified atom stereocenters.